The minimum atomic E-state index is -0.375. The second-order valence-corrected chi connectivity index (χ2v) is 9.72. The molecule has 1 fully saturated rings. The Labute approximate surface area is 202 Å². The number of hydrogen-bond acceptors (Lipinski definition) is 3. The van der Waals surface area contributed by atoms with E-state index in [1.807, 2.05) is 23.1 Å². The van der Waals surface area contributed by atoms with Crippen molar-refractivity contribution in [2.45, 2.75) is 45.6 Å². The lowest BCUT2D eigenvalue weighted by Gasteiger charge is -2.36. The Kier molecular flexibility index (Phi) is 6.48. The molecule has 2 heterocycles. The smallest absolute Gasteiger partial charge is 0.259 e. The molecule has 3 aromatic carbocycles. The average Bonchev–Trinajstić information content (AvgIpc) is 3.16. The maximum atomic E-state index is 13.7. The number of amides is 1. The molecule has 0 N–H and O–H groups in total. The molecule has 5 rings (SSSR count). The third kappa shape index (κ3) is 4.77. The lowest BCUT2D eigenvalue weighted by molar-refractivity contribution is -0.118. The third-order valence-electron chi connectivity index (χ3n) is 7.11. The first-order valence-electron chi connectivity index (χ1n) is 12.4. The number of aryl methyl sites for hydroxylation is 2. The summed E-state index contributed by atoms with van der Waals surface area (Å²) in [5, 5.41) is 0. The highest BCUT2D eigenvalue weighted by Gasteiger charge is 2.39. The molecule has 0 radical (unpaired) electrons. The van der Waals surface area contributed by atoms with Crippen LogP contribution in [-0.4, -0.2) is 35.9 Å². The van der Waals surface area contributed by atoms with E-state index in [4.69, 9.17) is 4.99 Å². The molecule has 1 amide bonds. The topological polar surface area (TPSA) is 35.9 Å². The van der Waals surface area contributed by atoms with E-state index in [1.165, 1.54) is 11.1 Å². The highest BCUT2D eigenvalue weighted by atomic mass is 16.2. The van der Waals surface area contributed by atoms with E-state index in [-0.39, 0.29) is 11.9 Å². The second kappa shape index (κ2) is 9.84. The van der Waals surface area contributed by atoms with Crippen LogP contribution in [0.3, 0.4) is 0 Å². The van der Waals surface area contributed by atoms with Crippen LogP contribution in [0.2, 0.25) is 0 Å². The van der Waals surface area contributed by atoms with Crippen molar-refractivity contribution in [1.82, 2.24) is 4.90 Å². The predicted molar refractivity (Wildman–Crippen MR) is 139 cm³/mol. The normalized spacial score (nSPS) is 18.9. The Balaban J connectivity index is 1.37. The SMILES string of the molecule is Cc1ccc(N2C(=O)C(Cc3ccccc3)N=C2N2CCC(Cc3ccccc3)CC2)c(C)c1. The van der Waals surface area contributed by atoms with Gasteiger partial charge in [-0.15, -0.1) is 0 Å². The van der Waals surface area contributed by atoms with E-state index in [2.05, 4.69) is 79.4 Å². The number of hydrogen-bond donors (Lipinski definition) is 0. The molecule has 174 valence electrons. The molecule has 4 heteroatoms. The van der Waals surface area contributed by atoms with Gasteiger partial charge in [-0.05, 0) is 61.8 Å². The largest absolute Gasteiger partial charge is 0.342 e. The van der Waals surface area contributed by atoms with Crippen molar-refractivity contribution in [2.75, 3.05) is 18.0 Å². The van der Waals surface area contributed by atoms with Gasteiger partial charge in [0, 0.05) is 19.5 Å². The van der Waals surface area contributed by atoms with Crippen molar-refractivity contribution in [3.63, 3.8) is 0 Å². The summed E-state index contributed by atoms with van der Waals surface area (Å²) >= 11 is 0. The molecule has 34 heavy (non-hydrogen) atoms. The summed E-state index contributed by atoms with van der Waals surface area (Å²) < 4.78 is 0. The highest BCUT2D eigenvalue weighted by molar-refractivity contribution is 6.22. The molecule has 3 aromatic rings. The number of carbonyl (C=O) groups excluding carboxylic acids is 1. The van der Waals surface area contributed by atoms with E-state index in [0.717, 1.165) is 55.1 Å². The van der Waals surface area contributed by atoms with Crippen LogP contribution in [0.25, 0.3) is 0 Å². The molecular formula is C30H33N3O. The fourth-order valence-corrected chi connectivity index (χ4v) is 5.26. The summed E-state index contributed by atoms with van der Waals surface area (Å²) in [5.41, 5.74) is 5.83. The van der Waals surface area contributed by atoms with Gasteiger partial charge in [0.25, 0.3) is 5.91 Å². The van der Waals surface area contributed by atoms with Crippen LogP contribution >= 0.6 is 0 Å². The highest BCUT2D eigenvalue weighted by Crippen LogP contribution is 2.31. The number of piperidine rings is 1. The number of benzene rings is 3. The number of guanidine groups is 1. The molecule has 4 nitrogen and oxygen atoms in total. The first kappa shape index (κ1) is 22.4. The summed E-state index contributed by atoms with van der Waals surface area (Å²) in [4.78, 5) is 23.0. The van der Waals surface area contributed by atoms with Crippen LogP contribution in [0, 0.1) is 19.8 Å². The molecule has 0 aromatic heterocycles. The molecule has 1 atom stereocenters. The van der Waals surface area contributed by atoms with Gasteiger partial charge in [0.05, 0.1) is 5.69 Å². The number of anilines is 1. The Bertz CT molecular complexity index is 1160. The minimum Gasteiger partial charge on any atom is -0.342 e. The summed E-state index contributed by atoms with van der Waals surface area (Å²) in [6.07, 6.45) is 3.99. The van der Waals surface area contributed by atoms with Gasteiger partial charge in [0.1, 0.15) is 6.04 Å². The Morgan fingerprint density at radius 1 is 0.824 bits per heavy atom. The predicted octanol–water partition coefficient (Wildman–Crippen LogP) is 5.57. The standard InChI is InChI=1S/C30H33N3O/c1-22-13-14-28(23(2)19-22)33-29(34)27(21-25-11-7-4-8-12-25)31-30(33)32-17-15-26(16-18-32)20-24-9-5-3-6-10-24/h3-14,19,26-27H,15-18,20-21H2,1-2H3. The van der Waals surface area contributed by atoms with E-state index in [0.29, 0.717) is 12.3 Å². The number of aliphatic imine (C=N–C) groups is 1. The van der Waals surface area contributed by atoms with Crippen LogP contribution in [-0.2, 0) is 17.6 Å². The van der Waals surface area contributed by atoms with Crippen LogP contribution < -0.4 is 4.90 Å². The Morgan fingerprint density at radius 3 is 2.06 bits per heavy atom. The molecule has 0 bridgehead atoms. The molecule has 0 aliphatic carbocycles. The van der Waals surface area contributed by atoms with Crippen molar-refractivity contribution in [3.8, 4) is 0 Å². The molecule has 0 spiro atoms. The molecule has 2 aliphatic heterocycles. The van der Waals surface area contributed by atoms with E-state index >= 15 is 0 Å². The summed E-state index contributed by atoms with van der Waals surface area (Å²) in [5.74, 6) is 1.58. The van der Waals surface area contributed by atoms with Gasteiger partial charge in [0.15, 0.2) is 0 Å². The van der Waals surface area contributed by atoms with Crippen molar-refractivity contribution in [1.29, 1.82) is 0 Å². The molecular weight excluding hydrogens is 418 g/mol. The Hall–Kier alpha value is -3.40. The first-order chi connectivity index (χ1) is 16.6. The van der Waals surface area contributed by atoms with Gasteiger partial charge in [-0.3, -0.25) is 4.79 Å². The van der Waals surface area contributed by atoms with Crippen LogP contribution in [0.15, 0.2) is 83.9 Å². The maximum Gasteiger partial charge on any atom is 0.259 e. The van der Waals surface area contributed by atoms with Crippen molar-refractivity contribution in [2.24, 2.45) is 10.9 Å². The number of likely N-dealkylation sites (tertiary alicyclic amines) is 1. The van der Waals surface area contributed by atoms with Gasteiger partial charge in [-0.1, -0.05) is 78.4 Å². The molecule has 1 unspecified atom stereocenters. The molecule has 1 saturated heterocycles. The van der Waals surface area contributed by atoms with Crippen LogP contribution in [0.1, 0.15) is 35.1 Å². The minimum absolute atomic E-state index is 0.0808. The monoisotopic (exact) mass is 451 g/mol. The lowest BCUT2D eigenvalue weighted by atomic mass is 9.90. The number of rotatable bonds is 5. The van der Waals surface area contributed by atoms with Crippen molar-refractivity contribution >= 4 is 17.6 Å². The summed E-state index contributed by atoms with van der Waals surface area (Å²) in [7, 11) is 0. The molecule has 2 aliphatic rings. The quantitative estimate of drug-likeness (QED) is 0.508. The second-order valence-electron chi connectivity index (χ2n) is 9.72. The van der Waals surface area contributed by atoms with Gasteiger partial charge in [0.2, 0.25) is 5.96 Å². The summed E-state index contributed by atoms with van der Waals surface area (Å²) in [6, 6.07) is 26.9. The van der Waals surface area contributed by atoms with Crippen LogP contribution in [0.4, 0.5) is 5.69 Å². The number of carbonyl (C=O) groups is 1. The third-order valence-corrected chi connectivity index (χ3v) is 7.11. The summed E-state index contributed by atoms with van der Waals surface area (Å²) in [6.45, 7) is 6.04. The van der Waals surface area contributed by atoms with Crippen molar-refractivity contribution < 1.29 is 4.79 Å². The van der Waals surface area contributed by atoms with E-state index in [9.17, 15) is 4.79 Å². The maximum absolute atomic E-state index is 13.7. The van der Waals surface area contributed by atoms with Gasteiger partial charge < -0.3 is 4.90 Å². The zero-order valence-corrected chi connectivity index (χ0v) is 20.2. The average molecular weight is 452 g/mol. The van der Waals surface area contributed by atoms with Crippen molar-refractivity contribution in [3.05, 3.63) is 101 Å². The zero-order valence-electron chi connectivity index (χ0n) is 20.2. The fourth-order valence-electron chi connectivity index (χ4n) is 5.26. The Morgan fingerprint density at radius 2 is 1.44 bits per heavy atom. The molecule has 0 saturated carbocycles. The van der Waals surface area contributed by atoms with Gasteiger partial charge >= 0.3 is 0 Å². The van der Waals surface area contributed by atoms with E-state index < -0.39 is 0 Å². The van der Waals surface area contributed by atoms with Gasteiger partial charge in [-0.2, -0.15) is 0 Å². The number of nitrogens with zero attached hydrogens (tertiary/aromatic N) is 3. The fraction of sp³-hybridized carbons (Fsp3) is 0.333. The first-order valence-corrected chi connectivity index (χ1v) is 12.4. The van der Waals surface area contributed by atoms with Gasteiger partial charge in [-0.25, -0.2) is 9.89 Å². The zero-order chi connectivity index (χ0) is 23.5. The lowest BCUT2D eigenvalue weighted by Crippen LogP contribution is -2.48. The van der Waals surface area contributed by atoms with E-state index in [1.54, 1.807) is 0 Å². The van der Waals surface area contributed by atoms with Crippen LogP contribution in [0.5, 0.6) is 0 Å².